The standard InChI is InChI=1S/C13H11BrN4O/c1-7-11-12(19)17-10(9-3-5-15-6-4-9)8(2)18(11)13(14)16-7/h3-6H,1-2H3,(H,17,19). The van der Waals surface area contributed by atoms with Gasteiger partial charge in [0.1, 0.15) is 5.52 Å². The molecular formula is C13H11BrN4O. The van der Waals surface area contributed by atoms with Gasteiger partial charge in [0.15, 0.2) is 4.73 Å². The number of hydrogen-bond donors (Lipinski definition) is 1. The van der Waals surface area contributed by atoms with Crippen molar-refractivity contribution in [2.45, 2.75) is 13.8 Å². The molecule has 0 aliphatic carbocycles. The van der Waals surface area contributed by atoms with Crippen LogP contribution in [0.1, 0.15) is 11.4 Å². The molecular weight excluding hydrogens is 308 g/mol. The van der Waals surface area contributed by atoms with Crippen LogP contribution in [-0.2, 0) is 0 Å². The van der Waals surface area contributed by atoms with Gasteiger partial charge in [-0.3, -0.25) is 14.2 Å². The third-order valence-corrected chi connectivity index (χ3v) is 3.66. The summed E-state index contributed by atoms with van der Waals surface area (Å²) in [5.41, 5.74) is 3.75. The quantitative estimate of drug-likeness (QED) is 0.749. The molecule has 1 N–H and O–H groups in total. The Hall–Kier alpha value is -1.95. The highest BCUT2D eigenvalue weighted by Gasteiger charge is 2.15. The zero-order valence-electron chi connectivity index (χ0n) is 10.4. The molecule has 0 aliphatic heterocycles. The van der Waals surface area contributed by atoms with Gasteiger partial charge in [-0.2, -0.15) is 0 Å². The Kier molecular flexibility index (Phi) is 2.74. The first-order valence-electron chi connectivity index (χ1n) is 5.77. The van der Waals surface area contributed by atoms with E-state index in [9.17, 15) is 4.79 Å². The van der Waals surface area contributed by atoms with E-state index in [1.54, 1.807) is 12.4 Å². The molecule has 0 saturated carbocycles. The Morgan fingerprint density at radius 2 is 1.95 bits per heavy atom. The molecule has 0 fully saturated rings. The Morgan fingerprint density at radius 3 is 2.63 bits per heavy atom. The maximum Gasteiger partial charge on any atom is 0.274 e. The van der Waals surface area contributed by atoms with E-state index in [1.165, 1.54) is 0 Å². The fourth-order valence-electron chi connectivity index (χ4n) is 2.24. The Morgan fingerprint density at radius 1 is 1.26 bits per heavy atom. The van der Waals surface area contributed by atoms with Gasteiger partial charge in [-0.25, -0.2) is 4.98 Å². The molecule has 3 aromatic heterocycles. The minimum atomic E-state index is -0.145. The maximum atomic E-state index is 12.2. The first kappa shape index (κ1) is 12.1. The van der Waals surface area contributed by atoms with E-state index in [0.717, 1.165) is 17.0 Å². The second-order valence-corrected chi connectivity index (χ2v) is 5.01. The van der Waals surface area contributed by atoms with E-state index in [1.807, 2.05) is 30.4 Å². The van der Waals surface area contributed by atoms with Crippen LogP contribution in [0.5, 0.6) is 0 Å². The van der Waals surface area contributed by atoms with Crippen LogP contribution in [0, 0.1) is 13.8 Å². The summed E-state index contributed by atoms with van der Waals surface area (Å²) in [6.07, 6.45) is 3.40. The monoisotopic (exact) mass is 318 g/mol. The van der Waals surface area contributed by atoms with E-state index < -0.39 is 0 Å². The number of aromatic nitrogens is 4. The van der Waals surface area contributed by atoms with Gasteiger partial charge in [0.2, 0.25) is 0 Å². The second-order valence-electron chi connectivity index (χ2n) is 4.30. The maximum absolute atomic E-state index is 12.2. The van der Waals surface area contributed by atoms with Crippen molar-refractivity contribution in [3.8, 4) is 11.3 Å². The van der Waals surface area contributed by atoms with Crippen molar-refractivity contribution in [3.63, 3.8) is 0 Å². The summed E-state index contributed by atoms with van der Waals surface area (Å²) in [6, 6.07) is 3.73. The summed E-state index contributed by atoms with van der Waals surface area (Å²) in [5, 5.41) is 0. The number of rotatable bonds is 1. The van der Waals surface area contributed by atoms with Crippen molar-refractivity contribution in [1.29, 1.82) is 0 Å². The molecule has 0 atom stereocenters. The van der Waals surface area contributed by atoms with Gasteiger partial charge in [0.05, 0.1) is 11.4 Å². The number of fused-ring (bicyclic) bond motifs is 1. The number of halogens is 1. The van der Waals surface area contributed by atoms with E-state index in [0.29, 0.717) is 15.9 Å². The normalized spacial score (nSPS) is 11.1. The van der Waals surface area contributed by atoms with Crippen molar-refractivity contribution in [1.82, 2.24) is 19.4 Å². The molecule has 0 aromatic carbocycles. The summed E-state index contributed by atoms with van der Waals surface area (Å²) in [7, 11) is 0. The summed E-state index contributed by atoms with van der Waals surface area (Å²) < 4.78 is 2.46. The van der Waals surface area contributed by atoms with Crippen molar-refractivity contribution >= 4 is 21.4 Å². The minimum Gasteiger partial charge on any atom is -0.319 e. The molecule has 3 aromatic rings. The lowest BCUT2D eigenvalue weighted by Gasteiger charge is -2.09. The van der Waals surface area contributed by atoms with Crippen LogP contribution in [-0.4, -0.2) is 19.4 Å². The molecule has 96 valence electrons. The van der Waals surface area contributed by atoms with Gasteiger partial charge in [0, 0.05) is 23.7 Å². The molecule has 6 heteroatoms. The highest BCUT2D eigenvalue weighted by molar-refractivity contribution is 9.10. The number of H-pyrrole nitrogens is 1. The summed E-state index contributed by atoms with van der Waals surface area (Å²) in [4.78, 5) is 23.4. The molecule has 0 radical (unpaired) electrons. The van der Waals surface area contributed by atoms with Crippen LogP contribution in [0.3, 0.4) is 0 Å². The number of pyridine rings is 1. The lowest BCUT2D eigenvalue weighted by molar-refractivity contribution is 0.996. The van der Waals surface area contributed by atoms with E-state index in [-0.39, 0.29) is 5.56 Å². The predicted molar refractivity (Wildman–Crippen MR) is 76.2 cm³/mol. The van der Waals surface area contributed by atoms with E-state index >= 15 is 0 Å². The first-order chi connectivity index (χ1) is 9.09. The predicted octanol–water partition coefficient (Wildman–Crippen LogP) is 2.46. The van der Waals surface area contributed by atoms with Crippen molar-refractivity contribution < 1.29 is 0 Å². The summed E-state index contributed by atoms with van der Waals surface area (Å²) >= 11 is 3.40. The number of aromatic amines is 1. The Balaban J connectivity index is 2.44. The third-order valence-electron chi connectivity index (χ3n) is 3.13. The van der Waals surface area contributed by atoms with Gasteiger partial charge < -0.3 is 4.98 Å². The second kappa shape index (κ2) is 4.31. The molecule has 0 bridgehead atoms. The minimum absolute atomic E-state index is 0.145. The van der Waals surface area contributed by atoms with Crippen LogP contribution in [0.2, 0.25) is 0 Å². The summed E-state index contributed by atoms with van der Waals surface area (Å²) in [5.74, 6) is 0. The fraction of sp³-hybridized carbons (Fsp3) is 0.154. The number of imidazole rings is 1. The van der Waals surface area contributed by atoms with Gasteiger partial charge in [-0.15, -0.1) is 0 Å². The van der Waals surface area contributed by atoms with Gasteiger partial charge in [-0.05, 0) is 41.9 Å². The molecule has 0 unspecified atom stereocenters. The molecule has 0 aliphatic rings. The Bertz CT molecular complexity index is 820. The van der Waals surface area contributed by atoms with Crippen LogP contribution < -0.4 is 5.56 Å². The van der Waals surface area contributed by atoms with Crippen LogP contribution in [0.15, 0.2) is 34.1 Å². The van der Waals surface area contributed by atoms with E-state index in [2.05, 4.69) is 30.9 Å². The lowest BCUT2D eigenvalue weighted by atomic mass is 10.1. The molecule has 0 saturated heterocycles. The first-order valence-corrected chi connectivity index (χ1v) is 6.56. The average Bonchev–Trinajstić information content (AvgIpc) is 2.71. The molecule has 19 heavy (non-hydrogen) atoms. The molecule has 3 heterocycles. The smallest absolute Gasteiger partial charge is 0.274 e. The SMILES string of the molecule is Cc1nc(Br)n2c(C)c(-c3ccncc3)[nH]c(=O)c12. The molecule has 0 spiro atoms. The third kappa shape index (κ3) is 1.79. The van der Waals surface area contributed by atoms with Crippen LogP contribution in [0.4, 0.5) is 0 Å². The van der Waals surface area contributed by atoms with Crippen LogP contribution in [0.25, 0.3) is 16.8 Å². The number of nitrogens with one attached hydrogen (secondary N) is 1. The Labute approximate surface area is 117 Å². The van der Waals surface area contributed by atoms with Gasteiger partial charge in [0.25, 0.3) is 5.56 Å². The zero-order valence-corrected chi connectivity index (χ0v) is 12.0. The lowest BCUT2D eigenvalue weighted by Crippen LogP contribution is -2.14. The van der Waals surface area contributed by atoms with Crippen LogP contribution >= 0.6 is 15.9 Å². The average molecular weight is 319 g/mol. The highest BCUT2D eigenvalue weighted by atomic mass is 79.9. The fourth-order valence-corrected chi connectivity index (χ4v) is 2.95. The largest absolute Gasteiger partial charge is 0.319 e. The molecule has 5 nitrogen and oxygen atoms in total. The molecule has 3 rings (SSSR count). The highest BCUT2D eigenvalue weighted by Crippen LogP contribution is 2.23. The number of aryl methyl sites for hydroxylation is 2. The van der Waals surface area contributed by atoms with Crippen molar-refractivity contribution in [2.24, 2.45) is 0 Å². The topological polar surface area (TPSA) is 63.1 Å². The van der Waals surface area contributed by atoms with Gasteiger partial charge >= 0.3 is 0 Å². The summed E-state index contributed by atoms with van der Waals surface area (Å²) in [6.45, 7) is 3.77. The van der Waals surface area contributed by atoms with E-state index in [4.69, 9.17) is 0 Å². The zero-order chi connectivity index (χ0) is 13.6. The van der Waals surface area contributed by atoms with Crippen molar-refractivity contribution in [3.05, 3.63) is 51.0 Å². The van der Waals surface area contributed by atoms with Crippen molar-refractivity contribution in [2.75, 3.05) is 0 Å². The number of nitrogens with zero attached hydrogens (tertiary/aromatic N) is 3. The number of hydrogen-bond acceptors (Lipinski definition) is 3. The van der Waals surface area contributed by atoms with Gasteiger partial charge in [-0.1, -0.05) is 0 Å². The molecule has 0 amide bonds.